The molecule has 4 heteroatoms. The molecular formula is C13H16N2O2. The van der Waals surface area contributed by atoms with Crippen molar-refractivity contribution in [3.63, 3.8) is 0 Å². The molecular weight excluding hydrogens is 216 g/mol. The number of fused-ring (bicyclic) bond motifs is 1. The van der Waals surface area contributed by atoms with E-state index in [9.17, 15) is 10.0 Å². The molecule has 0 aromatic heterocycles. The van der Waals surface area contributed by atoms with Crippen LogP contribution in [0.25, 0.3) is 0 Å². The highest BCUT2D eigenvalue weighted by molar-refractivity contribution is 5.98. The molecule has 2 aliphatic rings. The summed E-state index contributed by atoms with van der Waals surface area (Å²) in [5, 5.41) is 10.4. The molecule has 1 aliphatic heterocycles. The Morgan fingerprint density at radius 2 is 2.12 bits per heavy atom. The third-order valence-corrected chi connectivity index (χ3v) is 3.87. The van der Waals surface area contributed by atoms with Crippen LogP contribution >= 0.6 is 0 Å². The number of benzene rings is 1. The van der Waals surface area contributed by atoms with E-state index in [0.29, 0.717) is 23.1 Å². The van der Waals surface area contributed by atoms with Gasteiger partial charge in [-0.1, -0.05) is 18.6 Å². The largest absolute Gasteiger partial charge is 0.320 e. The maximum Gasteiger partial charge on any atom is 0.267 e. The fourth-order valence-electron chi connectivity index (χ4n) is 2.57. The van der Waals surface area contributed by atoms with Crippen LogP contribution < -0.4 is 10.8 Å². The molecule has 0 spiro atoms. The van der Waals surface area contributed by atoms with Crippen molar-refractivity contribution in [2.45, 2.75) is 37.6 Å². The predicted octanol–water partition coefficient (Wildman–Crippen LogP) is 1.56. The summed E-state index contributed by atoms with van der Waals surface area (Å²) in [6, 6.07) is 5.31. The minimum absolute atomic E-state index is 0.422. The zero-order valence-corrected chi connectivity index (χ0v) is 9.60. The summed E-state index contributed by atoms with van der Waals surface area (Å²) >= 11 is 0. The Labute approximate surface area is 100.0 Å². The van der Waals surface area contributed by atoms with Crippen LogP contribution in [0.1, 0.15) is 36.3 Å². The van der Waals surface area contributed by atoms with E-state index in [2.05, 4.69) is 6.07 Å². The number of hydrogen-bond acceptors (Lipinski definition) is 3. The summed E-state index contributed by atoms with van der Waals surface area (Å²) in [6.45, 7) is 0. The minimum Gasteiger partial charge on any atom is -0.320 e. The second kappa shape index (κ2) is 3.82. The van der Waals surface area contributed by atoms with Gasteiger partial charge < -0.3 is 5.73 Å². The maximum atomic E-state index is 11.5. The fourth-order valence-corrected chi connectivity index (χ4v) is 2.57. The van der Waals surface area contributed by atoms with Gasteiger partial charge in [-0.2, -0.15) is 5.06 Å². The van der Waals surface area contributed by atoms with Gasteiger partial charge in [0.15, 0.2) is 0 Å². The van der Waals surface area contributed by atoms with Gasteiger partial charge in [-0.25, -0.2) is 0 Å². The van der Waals surface area contributed by atoms with Gasteiger partial charge in [-0.3, -0.25) is 10.0 Å². The van der Waals surface area contributed by atoms with Crippen LogP contribution in [0.3, 0.4) is 0 Å². The lowest BCUT2D eigenvalue weighted by atomic mass is 9.79. The van der Waals surface area contributed by atoms with Crippen LogP contribution in [0.5, 0.6) is 0 Å². The molecule has 0 unspecified atom stereocenters. The van der Waals surface area contributed by atoms with Gasteiger partial charge in [-0.15, -0.1) is 0 Å². The van der Waals surface area contributed by atoms with E-state index in [0.717, 1.165) is 5.56 Å². The van der Waals surface area contributed by atoms with Crippen molar-refractivity contribution >= 4 is 11.6 Å². The van der Waals surface area contributed by atoms with Crippen LogP contribution in [0.15, 0.2) is 18.2 Å². The smallest absolute Gasteiger partial charge is 0.267 e. The Bertz CT molecular complexity index is 468. The van der Waals surface area contributed by atoms with Crippen molar-refractivity contribution < 1.29 is 10.0 Å². The van der Waals surface area contributed by atoms with Gasteiger partial charge >= 0.3 is 0 Å². The number of rotatable bonds is 1. The molecule has 1 aromatic carbocycles. The number of hydroxylamine groups is 1. The molecule has 1 saturated carbocycles. The second-order valence-corrected chi connectivity index (χ2v) is 4.98. The first-order valence-corrected chi connectivity index (χ1v) is 6.08. The lowest BCUT2D eigenvalue weighted by molar-refractivity contribution is -0.125. The Hall–Kier alpha value is -1.39. The van der Waals surface area contributed by atoms with E-state index in [4.69, 9.17) is 5.73 Å². The number of amides is 1. The Kier molecular flexibility index (Phi) is 2.42. The van der Waals surface area contributed by atoms with Gasteiger partial charge in [0.1, 0.15) is 0 Å². The first kappa shape index (κ1) is 10.7. The Balaban J connectivity index is 1.97. The molecule has 1 heterocycles. The molecule has 0 bridgehead atoms. The van der Waals surface area contributed by atoms with Crippen molar-refractivity contribution in [2.75, 3.05) is 5.06 Å². The zero-order chi connectivity index (χ0) is 12.0. The standard InChI is InChI=1S/C13H16N2O2/c14-11-7-10-6-9(8-2-1-3-8)4-5-12(10)15(17)13(11)16/h4-6,8,11,17H,1-3,7,14H2/t11-/m0/s1. The number of carbonyl (C=O) groups is 1. The van der Waals surface area contributed by atoms with E-state index in [-0.39, 0.29) is 0 Å². The maximum absolute atomic E-state index is 11.5. The van der Waals surface area contributed by atoms with Crippen molar-refractivity contribution in [1.82, 2.24) is 0 Å². The molecule has 1 aromatic rings. The van der Waals surface area contributed by atoms with Crippen LogP contribution in [-0.2, 0) is 11.2 Å². The predicted molar refractivity (Wildman–Crippen MR) is 64.0 cm³/mol. The van der Waals surface area contributed by atoms with Crippen LogP contribution in [0.4, 0.5) is 5.69 Å². The highest BCUT2D eigenvalue weighted by Crippen LogP contribution is 2.38. The van der Waals surface area contributed by atoms with Gasteiger partial charge in [0, 0.05) is 0 Å². The summed E-state index contributed by atoms with van der Waals surface area (Å²) in [5.74, 6) is 0.232. The van der Waals surface area contributed by atoms with Crippen LogP contribution in [-0.4, -0.2) is 17.2 Å². The molecule has 1 amide bonds. The quantitative estimate of drug-likeness (QED) is 0.722. The van der Waals surface area contributed by atoms with Crippen LogP contribution in [0.2, 0.25) is 0 Å². The minimum atomic E-state index is -0.621. The second-order valence-electron chi connectivity index (χ2n) is 4.98. The monoisotopic (exact) mass is 232 g/mol. The van der Waals surface area contributed by atoms with Gasteiger partial charge in [0.2, 0.25) is 0 Å². The van der Waals surface area contributed by atoms with Crippen molar-refractivity contribution in [2.24, 2.45) is 5.73 Å². The average Bonchev–Trinajstić information content (AvgIpc) is 2.23. The van der Waals surface area contributed by atoms with Gasteiger partial charge in [-0.05, 0) is 42.4 Å². The molecule has 3 rings (SSSR count). The zero-order valence-electron chi connectivity index (χ0n) is 9.60. The van der Waals surface area contributed by atoms with E-state index in [1.165, 1.54) is 24.8 Å². The first-order valence-electron chi connectivity index (χ1n) is 6.08. The summed E-state index contributed by atoms with van der Waals surface area (Å²) < 4.78 is 0. The third kappa shape index (κ3) is 1.64. The molecule has 4 nitrogen and oxygen atoms in total. The van der Waals surface area contributed by atoms with E-state index in [1.807, 2.05) is 12.1 Å². The van der Waals surface area contributed by atoms with E-state index < -0.39 is 11.9 Å². The first-order chi connectivity index (χ1) is 8.16. The van der Waals surface area contributed by atoms with Crippen molar-refractivity contribution in [1.29, 1.82) is 0 Å². The molecule has 0 saturated heterocycles. The topological polar surface area (TPSA) is 66.6 Å². The summed E-state index contributed by atoms with van der Waals surface area (Å²) in [7, 11) is 0. The summed E-state index contributed by atoms with van der Waals surface area (Å²) in [6.07, 6.45) is 4.30. The SMILES string of the molecule is N[C@H]1Cc2cc(C3CCC3)ccc2N(O)C1=O. The molecule has 1 atom stereocenters. The number of nitrogens with two attached hydrogens (primary N) is 1. The summed E-state index contributed by atoms with van der Waals surface area (Å²) in [5.41, 5.74) is 8.57. The molecule has 1 aliphatic carbocycles. The highest BCUT2D eigenvalue weighted by Gasteiger charge is 2.30. The lowest BCUT2D eigenvalue weighted by Gasteiger charge is -2.31. The normalized spacial score (nSPS) is 24.5. The van der Waals surface area contributed by atoms with E-state index in [1.54, 1.807) is 0 Å². The molecule has 1 fully saturated rings. The van der Waals surface area contributed by atoms with Crippen molar-refractivity contribution in [3.8, 4) is 0 Å². The molecule has 17 heavy (non-hydrogen) atoms. The van der Waals surface area contributed by atoms with E-state index >= 15 is 0 Å². The van der Waals surface area contributed by atoms with Crippen molar-refractivity contribution in [3.05, 3.63) is 29.3 Å². The Morgan fingerprint density at radius 3 is 2.76 bits per heavy atom. The lowest BCUT2D eigenvalue weighted by Crippen LogP contribution is -2.47. The molecule has 3 N–H and O–H groups in total. The van der Waals surface area contributed by atoms with Gasteiger partial charge in [0.05, 0.1) is 11.7 Å². The van der Waals surface area contributed by atoms with Gasteiger partial charge in [0.25, 0.3) is 5.91 Å². The number of anilines is 1. The number of hydrogen-bond donors (Lipinski definition) is 2. The van der Waals surface area contributed by atoms with Crippen LogP contribution in [0, 0.1) is 0 Å². The Morgan fingerprint density at radius 1 is 1.35 bits per heavy atom. The molecule has 90 valence electrons. The number of carbonyl (C=O) groups excluding carboxylic acids is 1. The summed E-state index contributed by atoms with van der Waals surface area (Å²) in [4.78, 5) is 11.5. The number of nitrogens with zero attached hydrogens (tertiary/aromatic N) is 1. The molecule has 0 radical (unpaired) electrons. The highest BCUT2D eigenvalue weighted by atomic mass is 16.5. The fraction of sp³-hybridized carbons (Fsp3) is 0.462. The average molecular weight is 232 g/mol. The third-order valence-electron chi connectivity index (χ3n) is 3.87.